The number of hydrogen-bond acceptors (Lipinski definition) is 4. The summed E-state index contributed by atoms with van der Waals surface area (Å²) in [7, 11) is -3.22. The van der Waals surface area contributed by atoms with Crippen LogP contribution in [-0.2, 0) is 16.6 Å². The van der Waals surface area contributed by atoms with Gasteiger partial charge in [-0.05, 0) is 31.9 Å². The van der Waals surface area contributed by atoms with Gasteiger partial charge in [0.25, 0.3) is 0 Å². The highest BCUT2D eigenvalue weighted by Gasteiger charge is 2.28. The Kier molecular flexibility index (Phi) is 12.5. The van der Waals surface area contributed by atoms with E-state index in [2.05, 4.69) is 20.3 Å². The van der Waals surface area contributed by atoms with Crippen LogP contribution < -0.4 is 20.1 Å². The monoisotopic (exact) mass is 552 g/mol. The molecular formula is C17H28F3IN4O3S. The third kappa shape index (κ3) is 13.5. The number of guanidine groups is 1. The van der Waals surface area contributed by atoms with Crippen molar-refractivity contribution >= 4 is 40.0 Å². The largest absolute Gasteiger partial charge is 0.484 e. The summed E-state index contributed by atoms with van der Waals surface area (Å²) in [4.78, 5) is 4.36. The molecule has 0 bridgehead atoms. The highest BCUT2D eigenvalue weighted by atomic mass is 127. The Morgan fingerprint density at radius 2 is 1.90 bits per heavy atom. The van der Waals surface area contributed by atoms with Crippen LogP contribution in [0.3, 0.4) is 0 Å². The summed E-state index contributed by atoms with van der Waals surface area (Å²) in [6.45, 7) is 3.77. The molecule has 0 unspecified atom stereocenters. The fourth-order valence-electron chi connectivity index (χ4n) is 2.15. The first kappa shape index (κ1) is 27.7. The van der Waals surface area contributed by atoms with Crippen molar-refractivity contribution in [3.8, 4) is 5.75 Å². The van der Waals surface area contributed by atoms with Crippen molar-refractivity contribution in [2.24, 2.45) is 4.99 Å². The third-order valence-electron chi connectivity index (χ3n) is 3.38. The number of hydrogen-bond donors (Lipinski definition) is 3. The van der Waals surface area contributed by atoms with Gasteiger partial charge in [-0.1, -0.05) is 12.1 Å². The van der Waals surface area contributed by atoms with Gasteiger partial charge in [-0.3, -0.25) is 0 Å². The lowest BCUT2D eigenvalue weighted by Crippen LogP contribution is -2.38. The van der Waals surface area contributed by atoms with Crippen molar-refractivity contribution in [1.82, 2.24) is 15.4 Å². The number of aryl methyl sites for hydroxylation is 1. The number of rotatable bonds is 10. The van der Waals surface area contributed by atoms with E-state index in [1.807, 2.05) is 6.92 Å². The summed E-state index contributed by atoms with van der Waals surface area (Å²) in [6, 6.07) is 5.01. The quantitative estimate of drug-likeness (QED) is 0.180. The lowest BCUT2D eigenvalue weighted by atomic mass is 10.1. The minimum absolute atomic E-state index is 0. The van der Waals surface area contributed by atoms with Gasteiger partial charge in [0.05, 0.1) is 12.8 Å². The molecule has 0 atom stereocenters. The normalized spacial score (nSPS) is 12.3. The van der Waals surface area contributed by atoms with Crippen LogP contribution in [0.25, 0.3) is 0 Å². The molecule has 0 fully saturated rings. The molecule has 1 aromatic carbocycles. The molecule has 0 saturated heterocycles. The maximum atomic E-state index is 12.4. The van der Waals surface area contributed by atoms with E-state index in [0.29, 0.717) is 37.6 Å². The minimum Gasteiger partial charge on any atom is -0.484 e. The first-order valence-electron chi connectivity index (χ1n) is 8.76. The van der Waals surface area contributed by atoms with Crippen molar-refractivity contribution in [2.45, 2.75) is 33.0 Å². The molecular weight excluding hydrogens is 524 g/mol. The predicted molar refractivity (Wildman–Crippen MR) is 118 cm³/mol. The van der Waals surface area contributed by atoms with Crippen LogP contribution in [0, 0.1) is 6.92 Å². The summed E-state index contributed by atoms with van der Waals surface area (Å²) < 4.78 is 66.7. The third-order valence-corrected chi connectivity index (χ3v) is 4.10. The Hall–Kier alpha value is -1.28. The topological polar surface area (TPSA) is 91.8 Å². The number of nitrogens with zero attached hydrogens (tertiary/aromatic N) is 1. The molecule has 168 valence electrons. The smallest absolute Gasteiger partial charge is 0.422 e. The van der Waals surface area contributed by atoms with Gasteiger partial charge in [0, 0.05) is 25.2 Å². The molecule has 0 saturated carbocycles. The molecule has 12 heteroatoms. The number of alkyl halides is 3. The maximum absolute atomic E-state index is 12.4. The highest BCUT2D eigenvalue weighted by Crippen LogP contribution is 2.24. The van der Waals surface area contributed by atoms with Crippen LogP contribution in [-0.4, -0.2) is 53.1 Å². The van der Waals surface area contributed by atoms with E-state index in [1.54, 1.807) is 25.1 Å². The fraction of sp³-hybridized carbons (Fsp3) is 0.588. The SMILES string of the molecule is CCNC(=NCc1ccc(C)cc1OCC(F)(F)F)NCCCNS(C)(=O)=O.I. The highest BCUT2D eigenvalue weighted by molar-refractivity contribution is 14.0. The van der Waals surface area contributed by atoms with Gasteiger partial charge in [0.1, 0.15) is 5.75 Å². The van der Waals surface area contributed by atoms with E-state index in [-0.39, 0.29) is 36.3 Å². The number of sulfonamides is 1. The van der Waals surface area contributed by atoms with Crippen LogP contribution in [0.4, 0.5) is 13.2 Å². The van der Waals surface area contributed by atoms with Gasteiger partial charge < -0.3 is 15.4 Å². The summed E-state index contributed by atoms with van der Waals surface area (Å²) >= 11 is 0. The van der Waals surface area contributed by atoms with E-state index in [4.69, 9.17) is 4.74 Å². The summed E-state index contributed by atoms with van der Waals surface area (Å²) in [5, 5.41) is 6.07. The van der Waals surface area contributed by atoms with Gasteiger partial charge in [0.2, 0.25) is 10.0 Å². The second kappa shape index (κ2) is 13.1. The van der Waals surface area contributed by atoms with Crippen LogP contribution in [0.5, 0.6) is 5.75 Å². The molecule has 1 rings (SSSR count). The zero-order chi connectivity index (χ0) is 21.2. The molecule has 0 amide bonds. The molecule has 29 heavy (non-hydrogen) atoms. The van der Waals surface area contributed by atoms with Crippen molar-refractivity contribution in [3.05, 3.63) is 29.3 Å². The number of nitrogens with one attached hydrogen (secondary N) is 3. The van der Waals surface area contributed by atoms with E-state index < -0.39 is 22.8 Å². The van der Waals surface area contributed by atoms with Crippen molar-refractivity contribution in [3.63, 3.8) is 0 Å². The Bertz CT molecular complexity index is 759. The van der Waals surface area contributed by atoms with Gasteiger partial charge in [-0.2, -0.15) is 13.2 Å². The van der Waals surface area contributed by atoms with Gasteiger partial charge in [0.15, 0.2) is 12.6 Å². The minimum atomic E-state index is -4.42. The molecule has 0 spiro atoms. The Morgan fingerprint density at radius 1 is 1.21 bits per heavy atom. The van der Waals surface area contributed by atoms with Crippen LogP contribution in [0.1, 0.15) is 24.5 Å². The summed E-state index contributed by atoms with van der Waals surface area (Å²) in [6.07, 6.45) is -2.78. The number of ether oxygens (including phenoxy) is 1. The first-order valence-corrected chi connectivity index (χ1v) is 10.6. The van der Waals surface area contributed by atoms with Crippen molar-refractivity contribution < 1.29 is 26.3 Å². The lowest BCUT2D eigenvalue weighted by molar-refractivity contribution is -0.153. The van der Waals surface area contributed by atoms with E-state index >= 15 is 0 Å². The standard InChI is InChI=1S/C17H27F3N4O3S.HI/c1-4-21-16(22-8-5-9-24-28(3,25)26)23-11-14-7-6-13(2)10-15(14)27-12-17(18,19)20;/h6-7,10,24H,4-5,8-9,11-12H2,1-3H3,(H2,21,22,23);1H. The fourth-order valence-corrected chi connectivity index (χ4v) is 2.66. The second-order valence-electron chi connectivity index (χ2n) is 6.16. The lowest BCUT2D eigenvalue weighted by Gasteiger charge is -2.14. The van der Waals surface area contributed by atoms with Crippen LogP contribution in [0.2, 0.25) is 0 Å². The summed E-state index contributed by atoms with van der Waals surface area (Å²) in [5.74, 6) is 0.624. The Labute approximate surface area is 187 Å². The molecule has 0 heterocycles. The van der Waals surface area contributed by atoms with Gasteiger partial charge in [-0.25, -0.2) is 18.1 Å². The molecule has 3 N–H and O–H groups in total. The van der Waals surface area contributed by atoms with Gasteiger partial charge in [-0.15, -0.1) is 24.0 Å². The van der Waals surface area contributed by atoms with Gasteiger partial charge >= 0.3 is 6.18 Å². The molecule has 7 nitrogen and oxygen atoms in total. The Morgan fingerprint density at radius 3 is 2.48 bits per heavy atom. The average molecular weight is 552 g/mol. The predicted octanol–water partition coefficient (Wildman–Crippen LogP) is 2.55. The van der Waals surface area contributed by atoms with Crippen molar-refractivity contribution in [1.29, 1.82) is 0 Å². The van der Waals surface area contributed by atoms with Crippen LogP contribution in [0.15, 0.2) is 23.2 Å². The van der Waals surface area contributed by atoms with E-state index in [1.165, 1.54) is 0 Å². The molecule has 1 aromatic rings. The molecule has 0 aliphatic rings. The molecule has 0 radical (unpaired) electrons. The number of benzene rings is 1. The number of halogens is 4. The molecule has 0 aliphatic carbocycles. The van der Waals surface area contributed by atoms with E-state index in [9.17, 15) is 21.6 Å². The molecule has 0 aromatic heterocycles. The zero-order valence-electron chi connectivity index (χ0n) is 16.6. The number of aliphatic imine (C=N–C) groups is 1. The van der Waals surface area contributed by atoms with Crippen LogP contribution >= 0.6 is 24.0 Å². The summed E-state index contributed by atoms with van der Waals surface area (Å²) in [5.41, 5.74) is 1.32. The zero-order valence-corrected chi connectivity index (χ0v) is 19.7. The Balaban J connectivity index is 0.00000784. The van der Waals surface area contributed by atoms with E-state index in [0.717, 1.165) is 11.8 Å². The first-order chi connectivity index (χ1) is 13.0. The maximum Gasteiger partial charge on any atom is 0.422 e. The average Bonchev–Trinajstić information content (AvgIpc) is 2.56. The van der Waals surface area contributed by atoms with Crippen molar-refractivity contribution in [2.75, 3.05) is 32.5 Å². The molecule has 0 aliphatic heterocycles. The second-order valence-corrected chi connectivity index (χ2v) is 7.99.